The van der Waals surface area contributed by atoms with Crippen LogP contribution in [0.15, 0.2) is 42.5 Å². The maximum atomic E-state index is 13.5. The molecule has 2 atom stereocenters. The Balaban J connectivity index is 2.15. The Kier molecular flexibility index (Phi) is 5.58. The molecule has 2 unspecified atom stereocenters. The molecule has 0 saturated carbocycles. The number of halogens is 2. The molecular weight excluding hydrogens is 380 g/mol. The highest BCUT2D eigenvalue weighted by molar-refractivity contribution is 14.1. The van der Waals surface area contributed by atoms with E-state index in [0.717, 1.165) is 5.56 Å². The fraction of sp³-hybridized carbons (Fsp3) is 0.294. The number of hydrogen-bond acceptors (Lipinski definition) is 2. The molecule has 0 aliphatic carbocycles. The van der Waals surface area contributed by atoms with E-state index in [4.69, 9.17) is 4.74 Å². The van der Waals surface area contributed by atoms with Crippen LogP contribution in [0.2, 0.25) is 0 Å². The third-order valence-corrected chi connectivity index (χ3v) is 4.25. The van der Waals surface area contributed by atoms with Crippen molar-refractivity contribution in [1.82, 2.24) is 5.32 Å². The van der Waals surface area contributed by atoms with E-state index in [-0.39, 0.29) is 17.9 Å². The second-order valence-corrected chi connectivity index (χ2v) is 6.29. The Morgan fingerprint density at radius 1 is 1.05 bits per heavy atom. The maximum absolute atomic E-state index is 13.5. The number of hydrogen-bond donors (Lipinski definition) is 1. The van der Waals surface area contributed by atoms with Crippen molar-refractivity contribution >= 4 is 22.6 Å². The molecule has 0 aliphatic rings. The van der Waals surface area contributed by atoms with Gasteiger partial charge in [0.15, 0.2) is 0 Å². The molecule has 21 heavy (non-hydrogen) atoms. The normalized spacial score (nSPS) is 13.8. The van der Waals surface area contributed by atoms with Crippen LogP contribution in [0, 0.1) is 9.39 Å². The minimum absolute atomic E-state index is 0.00933. The van der Waals surface area contributed by atoms with Crippen LogP contribution in [0.1, 0.15) is 37.1 Å². The Morgan fingerprint density at radius 2 is 1.71 bits per heavy atom. The highest BCUT2D eigenvalue weighted by Gasteiger charge is 2.15. The largest absolute Gasteiger partial charge is 0.496 e. The minimum atomic E-state index is -0.249. The van der Waals surface area contributed by atoms with Gasteiger partial charge in [0.1, 0.15) is 11.6 Å². The average molecular weight is 399 g/mol. The van der Waals surface area contributed by atoms with Crippen molar-refractivity contribution in [1.29, 1.82) is 0 Å². The molecule has 2 rings (SSSR count). The van der Waals surface area contributed by atoms with Crippen LogP contribution in [0.5, 0.6) is 5.75 Å². The molecule has 0 spiro atoms. The van der Waals surface area contributed by atoms with E-state index in [9.17, 15) is 4.39 Å². The fourth-order valence-corrected chi connectivity index (χ4v) is 2.72. The van der Waals surface area contributed by atoms with E-state index in [1.165, 1.54) is 21.3 Å². The summed E-state index contributed by atoms with van der Waals surface area (Å²) in [5.41, 5.74) is 2.03. The summed E-state index contributed by atoms with van der Waals surface area (Å²) in [5, 5.41) is 3.48. The van der Waals surface area contributed by atoms with Gasteiger partial charge in [0.25, 0.3) is 0 Å². The highest BCUT2D eigenvalue weighted by atomic mass is 127. The van der Waals surface area contributed by atoms with Gasteiger partial charge in [-0.15, -0.1) is 0 Å². The summed E-state index contributed by atoms with van der Waals surface area (Å²) in [6, 6.07) is 13.1. The van der Waals surface area contributed by atoms with Crippen LogP contribution < -0.4 is 10.1 Å². The first-order chi connectivity index (χ1) is 10.0. The van der Waals surface area contributed by atoms with Crippen LogP contribution in [0.25, 0.3) is 0 Å². The van der Waals surface area contributed by atoms with Gasteiger partial charge in [-0.3, -0.25) is 0 Å². The van der Waals surface area contributed by atoms with E-state index in [2.05, 4.69) is 59.1 Å². The summed E-state index contributed by atoms with van der Waals surface area (Å²) in [6.45, 7) is 4.12. The van der Waals surface area contributed by atoms with E-state index in [0.29, 0.717) is 5.75 Å². The molecule has 1 N–H and O–H groups in total. The summed E-state index contributed by atoms with van der Waals surface area (Å²) in [6.07, 6.45) is 0. The van der Waals surface area contributed by atoms with Crippen LogP contribution in [0.4, 0.5) is 4.39 Å². The van der Waals surface area contributed by atoms with E-state index in [1.54, 1.807) is 13.2 Å². The van der Waals surface area contributed by atoms with Gasteiger partial charge < -0.3 is 10.1 Å². The lowest BCUT2D eigenvalue weighted by atomic mass is 10.0. The second kappa shape index (κ2) is 7.22. The molecule has 0 saturated heterocycles. The molecule has 0 fully saturated rings. The monoisotopic (exact) mass is 399 g/mol. The first-order valence-corrected chi connectivity index (χ1v) is 7.94. The molecule has 2 aromatic rings. The van der Waals surface area contributed by atoms with Gasteiger partial charge >= 0.3 is 0 Å². The van der Waals surface area contributed by atoms with Crippen molar-refractivity contribution < 1.29 is 9.13 Å². The standard InChI is InChI=1S/C17H19FINO/c1-11(13-4-7-15(19)8-5-13)20-12(2)16-10-14(18)6-9-17(16)21-3/h4-12,20H,1-3H3. The first kappa shape index (κ1) is 16.2. The first-order valence-electron chi connectivity index (χ1n) is 6.86. The SMILES string of the molecule is COc1ccc(F)cc1C(C)NC(C)c1ccc(I)cc1. The van der Waals surface area contributed by atoms with Crippen LogP contribution in [0.3, 0.4) is 0 Å². The molecule has 0 amide bonds. The maximum Gasteiger partial charge on any atom is 0.123 e. The van der Waals surface area contributed by atoms with Gasteiger partial charge in [0.05, 0.1) is 7.11 Å². The molecule has 112 valence electrons. The number of ether oxygens (including phenoxy) is 1. The third-order valence-electron chi connectivity index (χ3n) is 3.53. The molecule has 0 aromatic heterocycles. The summed E-state index contributed by atoms with van der Waals surface area (Å²) in [7, 11) is 1.60. The fourth-order valence-electron chi connectivity index (χ4n) is 2.36. The Bertz CT molecular complexity index is 600. The predicted octanol–water partition coefficient (Wildman–Crippen LogP) is 4.85. The van der Waals surface area contributed by atoms with Gasteiger partial charge in [0.2, 0.25) is 0 Å². The van der Waals surface area contributed by atoms with Crippen molar-refractivity contribution in [2.45, 2.75) is 25.9 Å². The van der Waals surface area contributed by atoms with Crippen LogP contribution in [-0.4, -0.2) is 7.11 Å². The van der Waals surface area contributed by atoms with Crippen molar-refractivity contribution in [3.63, 3.8) is 0 Å². The number of nitrogens with one attached hydrogen (secondary N) is 1. The van der Waals surface area contributed by atoms with E-state index >= 15 is 0 Å². The quantitative estimate of drug-likeness (QED) is 0.726. The second-order valence-electron chi connectivity index (χ2n) is 5.05. The zero-order valence-corrected chi connectivity index (χ0v) is 14.5. The molecule has 0 heterocycles. The molecule has 2 nitrogen and oxygen atoms in total. The smallest absolute Gasteiger partial charge is 0.123 e. The number of benzene rings is 2. The average Bonchev–Trinajstić information content (AvgIpc) is 2.47. The Morgan fingerprint density at radius 3 is 2.33 bits per heavy atom. The lowest BCUT2D eigenvalue weighted by molar-refractivity contribution is 0.395. The molecule has 0 aliphatic heterocycles. The van der Waals surface area contributed by atoms with Gasteiger partial charge in [-0.25, -0.2) is 4.39 Å². The highest BCUT2D eigenvalue weighted by Crippen LogP contribution is 2.28. The van der Waals surface area contributed by atoms with Gasteiger partial charge in [-0.1, -0.05) is 12.1 Å². The van der Waals surface area contributed by atoms with Gasteiger partial charge in [0, 0.05) is 21.2 Å². The van der Waals surface area contributed by atoms with Crippen molar-refractivity contribution in [3.8, 4) is 5.75 Å². The summed E-state index contributed by atoms with van der Waals surface area (Å²) >= 11 is 2.29. The Hall–Kier alpha value is -1.14. The lowest BCUT2D eigenvalue weighted by Crippen LogP contribution is -2.23. The minimum Gasteiger partial charge on any atom is -0.496 e. The molecule has 0 radical (unpaired) electrons. The van der Waals surface area contributed by atoms with E-state index < -0.39 is 0 Å². The zero-order valence-electron chi connectivity index (χ0n) is 12.4. The lowest BCUT2D eigenvalue weighted by Gasteiger charge is -2.22. The number of methoxy groups -OCH3 is 1. The topological polar surface area (TPSA) is 21.3 Å². The summed E-state index contributed by atoms with van der Waals surface area (Å²) in [4.78, 5) is 0. The zero-order chi connectivity index (χ0) is 15.4. The third kappa shape index (κ3) is 4.17. The Labute approximate surface area is 138 Å². The molecule has 4 heteroatoms. The van der Waals surface area contributed by atoms with Gasteiger partial charge in [-0.2, -0.15) is 0 Å². The summed E-state index contributed by atoms with van der Waals surface area (Å²) < 4.78 is 20.0. The van der Waals surface area contributed by atoms with E-state index in [1.807, 2.05) is 6.92 Å². The van der Waals surface area contributed by atoms with Crippen molar-refractivity contribution in [2.75, 3.05) is 7.11 Å². The van der Waals surface area contributed by atoms with Crippen molar-refractivity contribution in [3.05, 3.63) is 63.0 Å². The molecule has 2 aromatic carbocycles. The van der Waals surface area contributed by atoms with Crippen LogP contribution >= 0.6 is 22.6 Å². The molecular formula is C17H19FINO. The summed E-state index contributed by atoms with van der Waals surface area (Å²) in [5.74, 6) is 0.451. The number of rotatable bonds is 5. The van der Waals surface area contributed by atoms with Crippen molar-refractivity contribution in [2.24, 2.45) is 0 Å². The molecule has 0 bridgehead atoms. The van der Waals surface area contributed by atoms with Crippen LogP contribution in [-0.2, 0) is 0 Å². The van der Waals surface area contributed by atoms with Gasteiger partial charge in [-0.05, 0) is 72.3 Å². The predicted molar refractivity (Wildman–Crippen MR) is 92.1 cm³/mol.